The van der Waals surface area contributed by atoms with Crippen molar-refractivity contribution in [2.45, 2.75) is 26.3 Å². The molecular formula is C14H18BrNO4. The molecule has 20 heavy (non-hydrogen) atoms. The first-order valence-electron chi connectivity index (χ1n) is 6.03. The second kappa shape index (κ2) is 6.74. The van der Waals surface area contributed by atoms with Crippen LogP contribution in [0.3, 0.4) is 0 Å². The number of benzene rings is 1. The summed E-state index contributed by atoms with van der Waals surface area (Å²) in [6.07, 6.45) is 0.700. The lowest BCUT2D eigenvalue weighted by Gasteiger charge is -2.20. The Kier molecular flexibility index (Phi) is 5.56. The molecule has 1 aromatic rings. The van der Waals surface area contributed by atoms with Crippen LogP contribution in [-0.4, -0.2) is 31.4 Å². The number of hydrogen-bond donors (Lipinski definition) is 1. The van der Waals surface area contributed by atoms with Gasteiger partial charge in [-0.25, -0.2) is 0 Å². The van der Waals surface area contributed by atoms with Crippen molar-refractivity contribution in [3.63, 3.8) is 0 Å². The minimum atomic E-state index is -0.321. The van der Waals surface area contributed by atoms with E-state index in [1.54, 1.807) is 6.07 Å². The molecule has 0 fully saturated rings. The van der Waals surface area contributed by atoms with Gasteiger partial charge in [0.2, 0.25) is 0 Å². The van der Waals surface area contributed by atoms with Gasteiger partial charge in [-0.1, -0.05) is 0 Å². The molecule has 0 bridgehead atoms. The molecule has 0 aliphatic carbocycles. The highest BCUT2D eigenvalue weighted by atomic mass is 79.9. The average molecular weight is 344 g/mol. The van der Waals surface area contributed by atoms with Crippen LogP contribution in [0.25, 0.3) is 0 Å². The lowest BCUT2D eigenvalue weighted by atomic mass is 10.1. The number of rotatable bonds is 5. The Balaban J connectivity index is 2.81. The number of halogens is 1. The number of carbonyl (C=O) groups is 2. The van der Waals surface area contributed by atoms with E-state index in [0.29, 0.717) is 27.8 Å². The molecule has 0 aliphatic heterocycles. The van der Waals surface area contributed by atoms with Crippen LogP contribution in [0.15, 0.2) is 16.6 Å². The third kappa shape index (κ3) is 4.85. The van der Waals surface area contributed by atoms with Crippen LogP contribution in [0.4, 0.5) is 0 Å². The van der Waals surface area contributed by atoms with Crippen LogP contribution < -0.4 is 14.8 Å². The lowest BCUT2D eigenvalue weighted by Crippen LogP contribution is -2.43. The summed E-state index contributed by atoms with van der Waals surface area (Å²) in [7, 11) is 1.49. The van der Waals surface area contributed by atoms with E-state index in [4.69, 9.17) is 9.47 Å². The van der Waals surface area contributed by atoms with E-state index < -0.39 is 0 Å². The van der Waals surface area contributed by atoms with Crippen LogP contribution in [-0.2, 0) is 4.79 Å². The lowest BCUT2D eigenvalue weighted by molar-refractivity contribution is -0.124. The minimum absolute atomic E-state index is 0.145. The molecule has 0 radical (unpaired) electrons. The van der Waals surface area contributed by atoms with E-state index in [2.05, 4.69) is 21.2 Å². The van der Waals surface area contributed by atoms with Crippen LogP contribution in [0.2, 0.25) is 0 Å². The standard InChI is InChI=1S/C14H18BrNO4/c1-14(2,3)16-13(18)8-20-12-5-9(7-17)10(15)6-11(12)19-4/h5-7H,8H2,1-4H3,(H,16,18). The van der Waals surface area contributed by atoms with Gasteiger partial charge in [0, 0.05) is 15.6 Å². The summed E-state index contributed by atoms with van der Waals surface area (Å²) in [5.41, 5.74) is 0.107. The number of hydrogen-bond acceptors (Lipinski definition) is 4. The van der Waals surface area contributed by atoms with Gasteiger partial charge in [0.25, 0.3) is 5.91 Å². The molecule has 1 aromatic carbocycles. The first-order valence-corrected chi connectivity index (χ1v) is 6.82. The molecule has 0 aromatic heterocycles. The Morgan fingerprint density at radius 2 is 2.00 bits per heavy atom. The number of ether oxygens (including phenoxy) is 2. The molecule has 0 spiro atoms. The van der Waals surface area contributed by atoms with Gasteiger partial charge in [-0.05, 0) is 48.8 Å². The molecule has 0 atom stereocenters. The van der Waals surface area contributed by atoms with Crippen molar-refractivity contribution in [3.05, 3.63) is 22.2 Å². The van der Waals surface area contributed by atoms with Gasteiger partial charge >= 0.3 is 0 Å². The Labute approximate surface area is 126 Å². The molecule has 0 heterocycles. The van der Waals surface area contributed by atoms with E-state index in [9.17, 15) is 9.59 Å². The van der Waals surface area contributed by atoms with Crippen LogP contribution >= 0.6 is 15.9 Å². The fourth-order valence-electron chi connectivity index (χ4n) is 1.51. The second-order valence-corrected chi connectivity index (χ2v) is 6.08. The van der Waals surface area contributed by atoms with Gasteiger partial charge < -0.3 is 14.8 Å². The quantitative estimate of drug-likeness (QED) is 0.834. The van der Waals surface area contributed by atoms with Gasteiger partial charge in [-0.2, -0.15) is 0 Å². The topological polar surface area (TPSA) is 64.6 Å². The molecule has 0 unspecified atom stereocenters. The second-order valence-electron chi connectivity index (χ2n) is 5.23. The van der Waals surface area contributed by atoms with Crippen molar-refractivity contribution >= 4 is 28.1 Å². The summed E-state index contributed by atoms with van der Waals surface area (Å²) < 4.78 is 11.2. The largest absolute Gasteiger partial charge is 0.493 e. The van der Waals surface area contributed by atoms with Gasteiger partial charge in [0.05, 0.1) is 7.11 Å². The fraction of sp³-hybridized carbons (Fsp3) is 0.429. The third-order valence-corrected chi connectivity index (χ3v) is 2.97. The zero-order valence-corrected chi connectivity index (χ0v) is 13.5. The van der Waals surface area contributed by atoms with Crippen molar-refractivity contribution in [1.82, 2.24) is 5.32 Å². The minimum Gasteiger partial charge on any atom is -0.493 e. The monoisotopic (exact) mass is 343 g/mol. The number of amides is 1. The Bertz CT molecular complexity index is 509. The van der Waals surface area contributed by atoms with Crippen LogP contribution in [0, 0.1) is 0 Å². The Morgan fingerprint density at radius 1 is 1.35 bits per heavy atom. The molecular weight excluding hydrogens is 326 g/mol. The molecule has 0 saturated carbocycles. The summed E-state index contributed by atoms with van der Waals surface area (Å²) in [6, 6.07) is 3.15. The maximum Gasteiger partial charge on any atom is 0.258 e. The summed E-state index contributed by atoms with van der Waals surface area (Å²) in [5, 5.41) is 2.78. The fourth-order valence-corrected chi connectivity index (χ4v) is 1.93. The molecule has 0 saturated heterocycles. The third-order valence-electron chi connectivity index (χ3n) is 2.28. The van der Waals surface area contributed by atoms with E-state index in [1.165, 1.54) is 13.2 Å². The smallest absolute Gasteiger partial charge is 0.258 e. The number of carbonyl (C=O) groups excluding carboxylic acids is 2. The summed E-state index contributed by atoms with van der Waals surface area (Å²) >= 11 is 3.26. The predicted octanol–water partition coefficient (Wildman–Crippen LogP) is 2.56. The van der Waals surface area contributed by atoms with E-state index in [-0.39, 0.29) is 18.1 Å². The van der Waals surface area contributed by atoms with Crippen LogP contribution in [0.1, 0.15) is 31.1 Å². The molecule has 1 rings (SSSR count). The number of nitrogens with one attached hydrogen (secondary N) is 1. The normalized spacial score (nSPS) is 10.8. The number of methoxy groups -OCH3 is 1. The van der Waals surface area contributed by atoms with Gasteiger partial charge in [-0.3, -0.25) is 9.59 Å². The highest BCUT2D eigenvalue weighted by Crippen LogP contribution is 2.32. The Morgan fingerprint density at radius 3 is 2.50 bits per heavy atom. The molecule has 1 N–H and O–H groups in total. The van der Waals surface area contributed by atoms with E-state index in [1.807, 2.05) is 20.8 Å². The summed E-state index contributed by atoms with van der Waals surface area (Å²) in [5.74, 6) is 0.558. The van der Waals surface area contributed by atoms with Gasteiger partial charge in [0.1, 0.15) is 0 Å². The predicted molar refractivity (Wildman–Crippen MR) is 79.5 cm³/mol. The maximum atomic E-state index is 11.7. The SMILES string of the molecule is COc1cc(Br)c(C=O)cc1OCC(=O)NC(C)(C)C. The highest BCUT2D eigenvalue weighted by molar-refractivity contribution is 9.10. The van der Waals surface area contributed by atoms with Crippen molar-refractivity contribution in [2.24, 2.45) is 0 Å². The van der Waals surface area contributed by atoms with Crippen LogP contribution in [0.5, 0.6) is 11.5 Å². The zero-order valence-electron chi connectivity index (χ0n) is 12.0. The maximum absolute atomic E-state index is 11.7. The summed E-state index contributed by atoms with van der Waals surface area (Å²) in [4.78, 5) is 22.6. The summed E-state index contributed by atoms with van der Waals surface area (Å²) in [6.45, 7) is 5.51. The van der Waals surface area contributed by atoms with Crippen molar-refractivity contribution < 1.29 is 19.1 Å². The first kappa shape index (κ1) is 16.5. The molecule has 1 amide bonds. The van der Waals surface area contributed by atoms with E-state index >= 15 is 0 Å². The number of aldehydes is 1. The van der Waals surface area contributed by atoms with Crippen molar-refractivity contribution in [1.29, 1.82) is 0 Å². The molecule has 5 nitrogen and oxygen atoms in total. The highest BCUT2D eigenvalue weighted by Gasteiger charge is 2.16. The van der Waals surface area contributed by atoms with Gasteiger partial charge in [0.15, 0.2) is 24.4 Å². The molecule has 0 aliphatic rings. The Hall–Kier alpha value is -1.56. The van der Waals surface area contributed by atoms with E-state index in [0.717, 1.165) is 0 Å². The molecule has 6 heteroatoms. The van der Waals surface area contributed by atoms with Crippen molar-refractivity contribution in [3.8, 4) is 11.5 Å². The molecule has 110 valence electrons. The zero-order chi connectivity index (χ0) is 15.3. The first-order chi connectivity index (χ1) is 9.26. The van der Waals surface area contributed by atoms with Crippen molar-refractivity contribution in [2.75, 3.05) is 13.7 Å². The van der Waals surface area contributed by atoms with Gasteiger partial charge in [-0.15, -0.1) is 0 Å². The average Bonchev–Trinajstić information content (AvgIpc) is 2.34.